The zero-order valence-corrected chi connectivity index (χ0v) is 18.3. The molecule has 9 heteroatoms. The molecule has 0 aliphatic carbocycles. The van der Waals surface area contributed by atoms with Crippen LogP contribution in [0.4, 0.5) is 10.8 Å². The summed E-state index contributed by atoms with van der Waals surface area (Å²) in [5, 5.41) is 6.90. The van der Waals surface area contributed by atoms with Crippen LogP contribution in [0.3, 0.4) is 0 Å². The van der Waals surface area contributed by atoms with Gasteiger partial charge in [0, 0.05) is 16.4 Å². The number of thiazole rings is 1. The average Bonchev–Trinajstić information content (AvgIpc) is 2.99. The normalized spacial score (nSPS) is 17.0. The minimum atomic E-state index is -0.204. The summed E-state index contributed by atoms with van der Waals surface area (Å²) in [5.41, 5.74) is 1.48. The van der Waals surface area contributed by atoms with Crippen molar-refractivity contribution >= 4 is 45.6 Å². The highest BCUT2D eigenvalue weighted by Crippen LogP contribution is 2.29. The van der Waals surface area contributed by atoms with E-state index in [2.05, 4.69) is 15.6 Å². The largest absolute Gasteiger partial charge is 0.495 e. The highest BCUT2D eigenvalue weighted by atomic mass is 35.5. The van der Waals surface area contributed by atoms with Crippen molar-refractivity contribution in [2.75, 3.05) is 37.4 Å². The summed E-state index contributed by atoms with van der Waals surface area (Å²) in [7, 11) is 1.55. The zero-order valence-electron chi connectivity index (χ0n) is 16.8. The van der Waals surface area contributed by atoms with Crippen LogP contribution < -0.4 is 15.4 Å². The monoisotopic (exact) mass is 436 g/mol. The van der Waals surface area contributed by atoms with E-state index in [0.29, 0.717) is 28.1 Å². The van der Waals surface area contributed by atoms with E-state index in [9.17, 15) is 9.59 Å². The second-order valence-corrected chi connectivity index (χ2v) is 8.76. The summed E-state index contributed by atoms with van der Waals surface area (Å²) in [6, 6.07) is 5.10. The van der Waals surface area contributed by atoms with Gasteiger partial charge in [-0.3, -0.25) is 14.5 Å². The molecule has 0 bridgehead atoms. The van der Waals surface area contributed by atoms with Gasteiger partial charge >= 0.3 is 0 Å². The summed E-state index contributed by atoms with van der Waals surface area (Å²) in [6.07, 6.45) is 1.63. The van der Waals surface area contributed by atoms with Crippen LogP contribution in [0.5, 0.6) is 5.75 Å². The summed E-state index contributed by atoms with van der Waals surface area (Å²) in [4.78, 5) is 32.6. The Bertz CT molecular complexity index is 882. The number of ether oxygens (including phenoxy) is 1. The lowest BCUT2D eigenvalue weighted by atomic mass is 9.97. The fourth-order valence-corrected chi connectivity index (χ4v) is 4.32. The van der Waals surface area contributed by atoms with Gasteiger partial charge in [0.25, 0.3) is 0 Å². The molecule has 1 aromatic heterocycles. The molecule has 29 heavy (non-hydrogen) atoms. The van der Waals surface area contributed by atoms with Gasteiger partial charge in [0.05, 0.1) is 31.0 Å². The number of anilines is 2. The maximum absolute atomic E-state index is 12.8. The Kier molecular flexibility index (Phi) is 7.10. The second kappa shape index (κ2) is 9.56. The molecular formula is C20H25ClN4O3S. The molecule has 1 aliphatic heterocycles. The van der Waals surface area contributed by atoms with Gasteiger partial charge in [0.1, 0.15) is 5.75 Å². The molecule has 2 N–H and O–H groups in total. The number of hydrogen-bond donors (Lipinski definition) is 2. The molecule has 7 nitrogen and oxygen atoms in total. The van der Waals surface area contributed by atoms with Gasteiger partial charge in [-0.05, 0) is 51.4 Å². The number of benzene rings is 1. The van der Waals surface area contributed by atoms with Gasteiger partial charge < -0.3 is 15.4 Å². The highest BCUT2D eigenvalue weighted by Gasteiger charge is 2.27. The first-order valence-electron chi connectivity index (χ1n) is 9.46. The van der Waals surface area contributed by atoms with Gasteiger partial charge in [-0.25, -0.2) is 4.98 Å². The first-order valence-corrected chi connectivity index (χ1v) is 10.7. The summed E-state index contributed by atoms with van der Waals surface area (Å²) >= 11 is 7.51. The number of aromatic nitrogens is 1. The quantitative estimate of drug-likeness (QED) is 0.721. The third-order valence-electron chi connectivity index (χ3n) is 4.94. The molecule has 156 valence electrons. The van der Waals surface area contributed by atoms with Crippen molar-refractivity contribution in [2.45, 2.75) is 26.7 Å². The minimum absolute atomic E-state index is 0.0955. The molecule has 0 saturated carbocycles. The van der Waals surface area contributed by atoms with Crippen LogP contribution in [0.1, 0.15) is 23.4 Å². The molecule has 0 spiro atoms. The average molecular weight is 437 g/mol. The number of carbonyl (C=O) groups excluding carboxylic acids is 2. The van der Waals surface area contributed by atoms with Crippen molar-refractivity contribution < 1.29 is 14.3 Å². The molecular weight excluding hydrogens is 412 g/mol. The number of piperidine rings is 1. The van der Waals surface area contributed by atoms with Gasteiger partial charge in [0.2, 0.25) is 11.8 Å². The number of amides is 2. The van der Waals surface area contributed by atoms with Gasteiger partial charge in [-0.1, -0.05) is 11.6 Å². The van der Waals surface area contributed by atoms with E-state index in [0.717, 1.165) is 30.0 Å². The van der Waals surface area contributed by atoms with Gasteiger partial charge in [-0.2, -0.15) is 0 Å². The van der Waals surface area contributed by atoms with Crippen LogP contribution in [0.15, 0.2) is 18.2 Å². The van der Waals surface area contributed by atoms with Crippen molar-refractivity contribution in [1.82, 2.24) is 9.88 Å². The number of nitrogens with one attached hydrogen (secondary N) is 2. The summed E-state index contributed by atoms with van der Waals surface area (Å²) < 4.78 is 5.29. The number of hydrogen-bond acceptors (Lipinski definition) is 6. The number of aryl methyl sites for hydroxylation is 2. The van der Waals surface area contributed by atoms with E-state index in [1.165, 1.54) is 11.3 Å². The van der Waals surface area contributed by atoms with Crippen molar-refractivity contribution in [1.29, 1.82) is 0 Å². The van der Waals surface area contributed by atoms with E-state index in [-0.39, 0.29) is 24.3 Å². The summed E-state index contributed by atoms with van der Waals surface area (Å²) in [6.45, 7) is 5.45. The zero-order chi connectivity index (χ0) is 21.0. The van der Waals surface area contributed by atoms with E-state index >= 15 is 0 Å². The van der Waals surface area contributed by atoms with Crippen LogP contribution in [0, 0.1) is 19.8 Å². The topological polar surface area (TPSA) is 83.6 Å². The fourth-order valence-electron chi connectivity index (χ4n) is 3.31. The predicted molar refractivity (Wildman–Crippen MR) is 116 cm³/mol. The maximum atomic E-state index is 12.8. The maximum Gasteiger partial charge on any atom is 0.240 e. The first-order chi connectivity index (χ1) is 13.9. The molecule has 3 rings (SSSR count). The lowest BCUT2D eigenvalue weighted by Gasteiger charge is -2.31. The molecule has 1 unspecified atom stereocenters. The second-order valence-electron chi connectivity index (χ2n) is 7.12. The molecule has 2 aromatic rings. The Morgan fingerprint density at radius 1 is 1.34 bits per heavy atom. The van der Waals surface area contributed by atoms with Crippen LogP contribution in [0.25, 0.3) is 0 Å². The predicted octanol–water partition coefficient (Wildman–Crippen LogP) is 3.71. The Morgan fingerprint density at radius 2 is 2.14 bits per heavy atom. The van der Waals surface area contributed by atoms with E-state index in [1.54, 1.807) is 25.3 Å². The Hall–Kier alpha value is -2.16. The Morgan fingerprint density at radius 3 is 2.83 bits per heavy atom. The van der Waals surface area contributed by atoms with Crippen molar-refractivity contribution in [3.8, 4) is 5.75 Å². The number of halogens is 1. The molecule has 1 fully saturated rings. The molecule has 1 atom stereocenters. The fraction of sp³-hybridized carbons (Fsp3) is 0.450. The Balaban J connectivity index is 1.56. The molecule has 1 aliphatic rings. The smallest absolute Gasteiger partial charge is 0.240 e. The molecule has 2 heterocycles. The number of likely N-dealkylation sites (tertiary alicyclic amines) is 1. The SMILES string of the molecule is COc1ccc(Cl)cc1NC(=O)C1CCCN(CC(=O)Nc2nc(C)c(C)s2)C1. The van der Waals surface area contributed by atoms with Crippen LogP contribution in [-0.2, 0) is 9.59 Å². The molecule has 1 aromatic carbocycles. The van der Waals surface area contributed by atoms with Crippen LogP contribution >= 0.6 is 22.9 Å². The standard InChI is InChI=1S/C20H25ClN4O3S/c1-12-13(2)29-20(22-12)24-18(26)11-25-8-4-5-14(10-25)19(27)23-16-9-15(21)6-7-17(16)28-3/h6-7,9,14H,4-5,8,10-11H2,1-3H3,(H,23,27)(H,22,24,26). The lowest BCUT2D eigenvalue weighted by Crippen LogP contribution is -2.44. The van der Waals surface area contributed by atoms with E-state index < -0.39 is 0 Å². The summed E-state index contributed by atoms with van der Waals surface area (Å²) in [5.74, 6) is 0.145. The molecule has 0 radical (unpaired) electrons. The third kappa shape index (κ3) is 5.68. The van der Waals surface area contributed by atoms with Crippen molar-refractivity contribution in [3.05, 3.63) is 33.8 Å². The Labute approximate surface area is 179 Å². The van der Waals surface area contributed by atoms with Crippen LogP contribution in [-0.4, -0.2) is 48.4 Å². The number of nitrogens with zero attached hydrogens (tertiary/aromatic N) is 2. The number of rotatable bonds is 6. The third-order valence-corrected chi connectivity index (χ3v) is 6.16. The minimum Gasteiger partial charge on any atom is -0.495 e. The first kappa shape index (κ1) is 21.5. The van der Waals surface area contributed by atoms with Gasteiger partial charge in [0.15, 0.2) is 5.13 Å². The lowest BCUT2D eigenvalue weighted by molar-refractivity contribution is -0.123. The number of carbonyl (C=O) groups is 2. The van der Waals surface area contributed by atoms with Crippen molar-refractivity contribution in [3.63, 3.8) is 0 Å². The van der Waals surface area contributed by atoms with Crippen molar-refractivity contribution in [2.24, 2.45) is 5.92 Å². The van der Waals surface area contributed by atoms with E-state index in [4.69, 9.17) is 16.3 Å². The number of methoxy groups -OCH3 is 1. The molecule has 2 amide bonds. The van der Waals surface area contributed by atoms with E-state index in [1.807, 2.05) is 18.7 Å². The van der Waals surface area contributed by atoms with Crippen LogP contribution in [0.2, 0.25) is 5.02 Å². The molecule has 1 saturated heterocycles. The highest BCUT2D eigenvalue weighted by molar-refractivity contribution is 7.15. The van der Waals surface area contributed by atoms with Gasteiger partial charge in [-0.15, -0.1) is 11.3 Å².